The van der Waals surface area contributed by atoms with Gasteiger partial charge in [-0.15, -0.1) is 0 Å². The lowest BCUT2D eigenvalue weighted by Gasteiger charge is -2.34. The Balaban J connectivity index is 1.39. The number of benzene rings is 2. The smallest absolute Gasteiger partial charge is 0.257 e. The van der Waals surface area contributed by atoms with Crippen LogP contribution in [0.25, 0.3) is 0 Å². The molecule has 8 nitrogen and oxygen atoms in total. The highest BCUT2D eigenvalue weighted by Gasteiger charge is 2.47. The van der Waals surface area contributed by atoms with Crippen LogP contribution in [0.1, 0.15) is 73.5 Å². The van der Waals surface area contributed by atoms with E-state index >= 15 is 0 Å². The molecule has 2 saturated heterocycles. The summed E-state index contributed by atoms with van der Waals surface area (Å²) in [6.07, 6.45) is 3.14. The molecule has 6 atom stereocenters. The number of aromatic nitrogens is 1. The van der Waals surface area contributed by atoms with Gasteiger partial charge in [-0.3, -0.25) is 19.5 Å². The second-order valence-electron chi connectivity index (χ2n) is 12.8. The Labute approximate surface area is 247 Å². The van der Waals surface area contributed by atoms with Crippen molar-refractivity contribution in [1.29, 1.82) is 0 Å². The van der Waals surface area contributed by atoms with Gasteiger partial charge < -0.3 is 19.9 Å². The van der Waals surface area contributed by atoms with Gasteiger partial charge in [0.1, 0.15) is 12.1 Å². The number of aliphatic hydroxyl groups is 1. The molecule has 2 aliphatic heterocycles. The first-order valence-electron chi connectivity index (χ1n) is 14.8. The average Bonchev–Trinajstić information content (AvgIpc) is 3.65. The van der Waals surface area contributed by atoms with Gasteiger partial charge in [-0.2, -0.15) is 0 Å². The Hall–Kier alpha value is -3.59. The molecule has 0 bridgehead atoms. The summed E-state index contributed by atoms with van der Waals surface area (Å²) in [7, 11) is 0. The van der Waals surface area contributed by atoms with E-state index in [2.05, 4.69) is 31.1 Å². The molecule has 1 aliphatic carbocycles. The second-order valence-corrected chi connectivity index (χ2v) is 12.8. The quantitative estimate of drug-likeness (QED) is 0.454. The predicted octanol–water partition coefficient (Wildman–Crippen LogP) is 4.48. The van der Waals surface area contributed by atoms with Crippen molar-refractivity contribution in [3.8, 4) is 0 Å². The van der Waals surface area contributed by atoms with Crippen molar-refractivity contribution < 1.29 is 24.2 Å². The zero-order chi connectivity index (χ0) is 29.6. The van der Waals surface area contributed by atoms with E-state index in [1.165, 1.54) is 0 Å². The van der Waals surface area contributed by atoms with E-state index in [9.17, 15) is 14.7 Å². The van der Waals surface area contributed by atoms with Crippen molar-refractivity contribution in [3.63, 3.8) is 0 Å². The van der Waals surface area contributed by atoms with Gasteiger partial charge in [0.15, 0.2) is 0 Å². The van der Waals surface area contributed by atoms with E-state index in [0.29, 0.717) is 30.7 Å². The number of aryl methyl sites for hydroxylation is 1. The molecule has 0 saturated carbocycles. The first-order valence-corrected chi connectivity index (χ1v) is 14.8. The van der Waals surface area contributed by atoms with Gasteiger partial charge in [-0.1, -0.05) is 62.7 Å². The molecule has 0 radical (unpaired) electrons. The van der Waals surface area contributed by atoms with Gasteiger partial charge in [0, 0.05) is 43.1 Å². The first-order chi connectivity index (χ1) is 20.1. The average molecular weight is 570 g/mol. The van der Waals surface area contributed by atoms with Crippen molar-refractivity contribution in [1.82, 2.24) is 10.3 Å². The van der Waals surface area contributed by atoms with Crippen LogP contribution in [0.4, 0.5) is 5.69 Å². The minimum atomic E-state index is -1.04. The van der Waals surface area contributed by atoms with Crippen molar-refractivity contribution in [3.05, 3.63) is 94.8 Å². The van der Waals surface area contributed by atoms with Crippen molar-refractivity contribution in [2.45, 2.75) is 88.9 Å². The normalized spacial score (nSPS) is 25.5. The van der Waals surface area contributed by atoms with E-state index in [0.717, 1.165) is 28.7 Å². The molecule has 2 fully saturated rings. The number of anilines is 1. The number of rotatable bonds is 6. The summed E-state index contributed by atoms with van der Waals surface area (Å²) >= 11 is 0. The predicted molar refractivity (Wildman–Crippen MR) is 159 cm³/mol. The van der Waals surface area contributed by atoms with E-state index < -0.39 is 30.2 Å². The lowest BCUT2D eigenvalue weighted by atomic mass is 9.87. The van der Waals surface area contributed by atoms with Crippen molar-refractivity contribution >= 4 is 17.5 Å². The highest BCUT2D eigenvalue weighted by Crippen LogP contribution is 2.38. The van der Waals surface area contributed by atoms with E-state index in [1.54, 1.807) is 29.4 Å². The molecule has 3 aliphatic rings. The number of aliphatic hydroxyl groups excluding tert-OH is 1. The molecule has 42 heavy (non-hydrogen) atoms. The van der Waals surface area contributed by atoms with Gasteiger partial charge in [-0.25, -0.2) is 0 Å². The van der Waals surface area contributed by atoms with Crippen LogP contribution >= 0.6 is 0 Å². The fourth-order valence-corrected chi connectivity index (χ4v) is 6.45. The lowest BCUT2D eigenvalue weighted by Crippen LogP contribution is -2.49. The van der Waals surface area contributed by atoms with Crippen LogP contribution in [0, 0.1) is 6.92 Å². The third-order valence-electron chi connectivity index (χ3n) is 8.71. The number of nitrogens with zero attached hydrogens (tertiary/aromatic N) is 2. The van der Waals surface area contributed by atoms with Crippen molar-refractivity contribution in [2.24, 2.45) is 0 Å². The Morgan fingerprint density at radius 3 is 2.57 bits per heavy atom. The maximum Gasteiger partial charge on any atom is 0.257 e. The summed E-state index contributed by atoms with van der Waals surface area (Å²) in [6.45, 7) is 9.03. The molecular formula is C34H39N3O5. The monoisotopic (exact) mass is 569 g/mol. The number of carbonyl (C=O) groups is 2. The molecule has 1 aromatic heterocycles. The molecule has 3 aromatic rings. The molecule has 2 amide bonds. The first kappa shape index (κ1) is 28.5. The number of amides is 2. The van der Waals surface area contributed by atoms with Crippen LogP contribution in [-0.4, -0.2) is 52.9 Å². The number of nitrogens with one attached hydrogen (secondary N) is 1. The summed E-state index contributed by atoms with van der Waals surface area (Å²) in [5, 5.41) is 14.1. The molecule has 0 spiro atoms. The fraction of sp³-hybridized carbons (Fsp3) is 0.441. The number of hydrogen-bond donors (Lipinski definition) is 2. The fourth-order valence-electron chi connectivity index (χ4n) is 6.45. The minimum Gasteiger partial charge on any atom is -0.390 e. The number of fused-ring (bicyclic) bond motifs is 2. The summed E-state index contributed by atoms with van der Waals surface area (Å²) < 4.78 is 12.0. The van der Waals surface area contributed by atoms with Gasteiger partial charge >= 0.3 is 0 Å². The summed E-state index contributed by atoms with van der Waals surface area (Å²) in [5.41, 5.74) is 5.19. The Morgan fingerprint density at radius 1 is 1.10 bits per heavy atom. The van der Waals surface area contributed by atoms with E-state index in [4.69, 9.17) is 9.47 Å². The Bertz CT molecular complexity index is 1440. The third-order valence-corrected chi connectivity index (χ3v) is 8.71. The summed E-state index contributed by atoms with van der Waals surface area (Å²) in [4.78, 5) is 34.6. The van der Waals surface area contributed by atoms with Crippen LogP contribution in [-0.2, 0) is 30.9 Å². The zero-order valence-corrected chi connectivity index (χ0v) is 24.6. The zero-order valence-electron chi connectivity index (χ0n) is 24.6. The maximum absolute atomic E-state index is 14.4. The molecule has 2 N–H and O–H groups in total. The molecule has 220 valence electrons. The van der Waals surface area contributed by atoms with Crippen LogP contribution in [0.5, 0.6) is 0 Å². The topological polar surface area (TPSA) is 101 Å². The number of pyridine rings is 1. The maximum atomic E-state index is 14.4. The highest BCUT2D eigenvalue weighted by molar-refractivity contribution is 6.03. The molecule has 3 heterocycles. The molecule has 4 unspecified atom stereocenters. The van der Waals surface area contributed by atoms with Gasteiger partial charge in [0.2, 0.25) is 5.91 Å². The van der Waals surface area contributed by atoms with Crippen LogP contribution in [0.2, 0.25) is 0 Å². The Morgan fingerprint density at radius 2 is 1.88 bits per heavy atom. The SMILES string of the molecule is Cc1ccc2c(c1)C[C@H](O)[C@@H]2NC(=O)C(c1cccnc1)N(C(=O)C1CC2OCCC2O1)c1ccc(C(C)(C)C)cc1. The minimum absolute atomic E-state index is 0.0821. The van der Waals surface area contributed by atoms with Crippen LogP contribution < -0.4 is 10.2 Å². The molecular weight excluding hydrogens is 530 g/mol. The Kier molecular flexibility index (Phi) is 7.64. The van der Waals surface area contributed by atoms with Gasteiger partial charge in [0.05, 0.1) is 24.4 Å². The van der Waals surface area contributed by atoms with Gasteiger partial charge in [0.25, 0.3) is 5.91 Å². The molecule has 2 aromatic carbocycles. The lowest BCUT2D eigenvalue weighted by molar-refractivity contribution is -0.133. The largest absolute Gasteiger partial charge is 0.390 e. The summed E-state index contributed by atoms with van der Waals surface area (Å²) in [6, 6.07) is 15.7. The standard InChI is InChI=1S/C34H39N3O5/c1-20-7-12-25-22(16-20)17-26(38)30(25)36-32(39)31(21-6-5-14-35-19-21)37(24-10-8-23(9-11-24)34(2,3)4)33(40)29-18-28-27(42-29)13-15-41-28/h5-12,14,16,19,26-31,38H,13,15,17-18H2,1-4H3,(H,36,39)/t26-,27?,28?,29?,30+,31?/m0/s1. The van der Waals surface area contributed by atoms with Crippen LogP contribution in [0.3, 0.4) is 0 Å². The third kappa shape index (κ3) is 5.46. The number of ether oxygens (including phenoxy) is 2. The number of hydrogen-bond acceptors (Lipinski definition) is 6. The molecule has 6 rings (SSSR count). The molecule has 8 heteroatoms. The van der Waals surface area contributed by atoms with Crippen LogP contribution in [0.15, 0.2) is 67.0 Å². The second kappa shape index (κ2) is 11.2. The van der Waals surface area contributed by atoms with Gasteiger partial charge in [-0.05, 0) is 53.6 Å². The summed E-state index contributed by atoms with van der Waals surface area (Å²) in [5.74, 6) is -0.702. The van der Waals surface area contributed by atoms with E-state index in [-0.39, 0.29) is 23.5 Å². The highest BCUT2D eigenvalue weighted by atomic mass is 16.6. The number of carbonyl (C=O) groups excluding carboxylic acids is 2. The van der Waals surface area contributed by atoms with Crippen molar-refractivity contribution in [2.75, 3.05) is 11.5 Å². The van der Waals surface area contributed by atoms with E-state index in [1.807, 2.05) is 49.4 Å².